The van der Waals surface area contributed by atoms with Gasteiger partial charge in [-0.1, -0.05) is 51.1 Å². The Labute approximate surface area is 118 Å². The van der Waals surface area contributed by atoms with Gasteiger partial charge in [-0.25, -0.2) is 0 Å². The molecule has 0 heterocycles. The summed E-state index contributed by atoms with van der Waals surface area (Å²) < 4.78 is 5.22. The second-order valence-corrected chi connectivity index (χ2v) is 5.83. The van der Waals surface area contributed by atoms with Crippen LogP contribution in [0.5, 0.6) is 0 Å². The molecule has 108 valence electrons. The Bertz CT molecular complexity index is 323. The van der Waals surface area contributed by atoms with E-state index in [4.69, 9.17) is 4.74 Å². The zero-order valence-corrected chi connectivity index (χ0v) is 12.9. The third kappa shape index (κ3) is 6.22. The fourth-order valence-corrected chi connectivity index (χ4v) is 2.38. The van der Waals surface area contributed by atoms with Crippen LogP contribution in [-0.2, 0) is 4.74 Å². The van der Waals surface area contributed by atoms with E-state index < -0.39 is 0 Å². The van der Waals surface area contributed by atoms with Crippen molar-refractivity contribution in [2.75, 3.05) is 26.8 Å². The average molecular weight is 263 g/mol. The Balaban J connectivity index is 2.62. The van der Waals surface area contributed by atoms with Gasteiger partial charge in [-0.15, -0.1) is 0 Å². The lowest BCUT2D eigenvalue weighted by atomic mass is 9.85. The van der Waals surface area contributed by atoms with Crippen LogP contribution in [0.1, 0.15) is 38.7 Å². The fourth-order valence-electron chi connectivity index (χ4n) is 2.38. The summed E-state index contributed by atoms with van der Waals surface area (Å²) in [7, 11) is 1.78. The molecule has 1 rings (SSSR count). The van der Waals surface area contributed by atoms with E-state index >= 15 is 0 Å². The lowest BCUT2D eigenvalue weighted by molar-refractivity contribution is 0.173. The minimum absolute atomic E-state index is 0.565. The Morgan fingerprint density at radius 1 is 1.05 bits per heavy atom. The molecule has 1 N–H and O–H groups in total. The fraction of sp³-hybridized carbons (Fsp3) is 0.647. The van der Waals surface area contributed by atoms with E-state index in [0.29, 0.717) is 17.8 Å². The first-order valence-corrected chi connectivity index (χ1v) is 7.39. The molecular formula is C17H29NO. The van der Waals surface area contributed by atoms with Crippen LogP contribution in [0.15, 0.2) is 30.3 Å². The Kier molecular flexibility index (Phi) is 7.76. The van der Waals surface area contributed by atoms with Crippen LogP contribution in [0.3, 0.4) is 0 Å². The number of hydrogen-bond donors (Lipinski definition) is 1. The van der Waals surface area contributed by atoms with Gasteiger partial charge in [0.15, 0.2) is 0 Å². The quantitative estimate of drug-likeness (QED) is 0.733. The highest BCUT2D eigenvalue weighted by Gasteiger charge is 2.18. The second kappa shape index (κ2) is 9.11. The zero-order chi connectivity index (χ0) is 14.1. The van der Waals surface area contributed by atoms with Crippen molar-refractivity contribution in [3.8, 4) is 0 Å². The van der Waals surface area contributed by atoms with Crippen molar-refractivity contribution >= 4 is 0 Å². The molecule has 0 aliphatic carbocycles. The van der Waals surface area contributed by atoms with Gasteiger partial charge in [-0.2, -0.15) is 0 Å². The second-order valence-electron chi connectivity index (χ2n) is 5.83. The molecule has 0 amide bonds. The molecule has 2 heteroatoms. The van der Waals surface area contributed by atoms with Crippen molar-refractivity contribution in [3.05, 3.63) is 35.9 Å². The molecule has 2 atom stereocenters. The molecule has 0 radical (unpaired) electrons. The van der Waals surface area contributed by atoms with E-state index in [1.165, 1.54) is 5.56 Å². The summed E-state index contributed by atoms with van der Waals surface area (Å²) in [5.41, 5.74) is 1.43. The Morgan fingerprint density at radius 3 is 2.32 bits per heavy atom. The van der Waals surface area contributed by atoms with E-state index in [9.17, 15) is 0 Å². The van der Waals surface area contributed by atoms with Crippen molar-refractivity contribution in [2.45, 2.75) is 33.1 Å². The van der Waals surface area contributed by atoms with Gasteiger partial charge >= 0.3 is 0 Å². The highest BCUT2D eigenvalue weighted by atomic mass is 16.5. The first-order valence-electron chi connectivity index (χ1n) is 7.39. The third-order valence-electron chi connectivity index (χ3n) is 3.61. The zero-order valence-electron chi connectivity index (χ0n) is 12.9. The number of hydrogen-bond acceptors (Lipinski definition) is 2. The van der Waals surface area contributed by atoms with Crippen molar-refractivity contribution in [1.29, 1.82) is 0 Å². The predicted molar refractivity (Wildman–Crippen MR) is 82.5 cm³/mol. The summed E-state index contributed by atoms with van der Waals surface area (Å²) in [5, 5.41) is 3.60. The van der Waals surface area contributed by atoms with Gasteiger partial charge in [0, 0.05) is 20.3 Å². The van der Waals surface area contributed by atoms with Crippen LogP contribution in [0.2, 0.25) is 0 Å². The lowest BCUT2D eigenvalue weighted by Crippen LogP contribution is -2.29. The number of methoxy groups -OCH3 is 1. The minimum Gasteiger partial charge on any atom is -0.385 e. The number of rotatable bonds is 9. The molecule has 0 saturated carbocycles. The van der Waals surface area contributed by atoms with Gasteiger partial charge in [0.2, 0.25) is 0 Å². The summed E-state index contributed by atoms with van der Waals surface area (Å²) in [4.78, 5) is 0. The maximum absolute atomic E-state index is 5.22. The predicted octanol–water partition coefficient (Wildman–Crippen LogP) is 3.69. The normalized spacial score (nSPS) is 14.6. The topological polar surface area (TPSA) is 21.3 Å². The lowest BCUT2D eigenvalue weighted by Gasteiger charge is -2.25. The van der Waals surface area contributed by atoms with E-state index in [-0.39, 0.29) is 0 Å². The van der Waals surface area contributed by atoms with Gasteiger partial charge in [-0.3, -0.25) is 0 Å². The van der Waals surface area contributed by atoms with Gasteiger partial charge in [0.05, 0.1) is 0 Å². The summed E-state index contributed by atoms with van der Waals surface area (Å²) in [6.45, 7) is 9.80. The minimum atomic E-state index is 0.565. The number of benzene rings is 1. The van der Waals surface area contributed by atoms with Crippen molar-refractivity contribution in [3.63, 3.8) is 0 Å². The molecule has 0 spiro atoms. The van der Waals surface area contributed by atoms with Crippen LogP contribution < -0.4 is 5.32 Å². The first kappa shape index (κ1) is 16.2. The van der Waals surface area contributed by atoms with Crippen molar-refractivity contribution in [2.24, 2.45) is 11.8 Å². The van der Waals surface area contributed by atoms with Crippen LogP contribution in [0.4, 0.5) is 0 Å². The first-order chi connectivity index (χ1) is 9.15. The average Bonchev–Trinajstić information content (AvgIpc) is 2.41. The Morgan fingerprint density at radius 2 is 1.74 bits per heavy atom. The SMILES string of the molecule is COCCC(C)C(CNCC(C)C)c1ccccc1. The van der Waals surface area contributed by atoms with E-state index in [2.05, 4.69) is 56.4 Å². The van der Waals surface area contributed by atoms with Crippen LogP contribution in [0, 0.1) is 11.8 Å². The summed E-state index contributed by atoms with van der Waals surface area (Å²) >= 11 is 0. The van der Waals surface area contributed by atoms with E-state index in [0.717, 1.165) is 26.1 Å². The van der Waals surface area contributed by atoms with Crippen LogP contribution in [0.25, 0.3) is 0 Å². The van der Waals surface area contributed by atoms with Gasteiger partial charge < -0.3 is 10.1 Å². The van der Waals surface area contributed by atoms with Crippen LogP contribution in [-0.4, -0.2) is 26.8 Å². The molecule has 0 aromatic heterocycles. The number of ether oxygens (including phenoxy) is 1. The highest BCUT2D eigenvalue weighted by molar-refractivity contribution is 5.20. The molecule has 1 aromatic rings. The highest BCUT2D eigenvalue weighted by Crippen LogP contribution is 2.26. The molecule has 0 aliphatic rings. The molecule has 0 saturated heterocycles. The third-order valence-corrected chi connectivity index (χ3v) is 3.61. The summed E-state index contributed by atoms with van der Waals surface area (Å²) in [6.07, 6.45) is 1.11. The monoisotopic (exact) mass is 263 g/mol. The number of nitrogens with one attached hydrogen (secondary N) is 1. The molecule has 0 aliphatic heterocycles. The van der Waals surface area contributed by atoms with Crippen LogP contribution >= 0.6 is 0 Å². The maximum atomic E-state index is 5.22. The largest absolute Gasteiger partial charge is 0.385 e. The van der Waals surface area contributed by atoms with Crippen molar-refractivity contribution < 1.29 is 4.74 Å². The van der Waals surface area contributed by atoms with E-state index in [1.807, 2.05) is 0 Å². The van der Waals surface area contributed by atoms with Gasteiger partial charge in [0.25, 0.3) is 0 Å². The summed E-state index contributed by atoms with van der Waals surface area (Å²) in [6, 6.07) is 10.8. The standard InChI is InChI=1S/C17H29NO/c1-14(2)12-18-13-17(15(3)10-11-19-4)16-8-6-5-7-9-16/h5-9,14-15,17-18H,10-13H2,1-4H3. The molecule has 2 unspecified atom stereocenters. The molecule has 19 heavy (non-hydrogen) atoms. The smallest absolute Gasteiger partial charge is 0.0465 e. The molecule has 2 nitrogen and oxygen atoms in total. The molecule has 0 fully saturated rings. The molecule has 0 bridgehead atoms. The molecule has 1 aromatic carbocycles. The Hall–Kier alpha value is -0.860. The summed E-state index contributed by atoms with van der Waals surface area (Å²) in [5.74, 6) is 1.89. The molecular weight excluding hydrogens is 234 g/mol. The maximum Gasteiger partial charge on any atom is 0.0465 e. The van der Waals surface area contributed by atoms with E-state index in [1.54, 1.807) is 7.11 Å². The van der Waals surface area contributed by atoms with Gasteiger partial charge in [-0.05, 0) is 36.3 Å². The van der Waals surface area contributed by atoms with Crippen molar-refractivity contribution in [1.82, 2.24) is 5.32 Å². The van der Waals surface area contributed by atoms with Gasteiger partial charge in [0.1, 0.15) is 0 Å².